The summed E-state index contributed by atoms with van der Waals surface area (Å²) in [5.41, 5.74) is 3.61. The van der Waals surface area contributed by atoms with Crippen LogP contribution in [-0.4, -0.2) is 123 Å². The Morgan fingerprint density at radius 3 is 2.37 bits per heavy atom. The largest absolute Gasteiger partial charge is 0.506 e. The van der Waals surface area contributed by atoms with E-state index in [0.29, 0.717) is 30.9 Å². The van der Waals surface area contributed by atoms with Crippen molar-refractivity contribution in [2.45, 2.75) is 70.7 Å². The van der Waals surface area contributed by atoms with Crippen molar-refractivity contribution in [2.75, 3.05) is 38.1 Å². The van der Waals surface area contributed by atoms with Gasteiger partial charge >= 0.3 is 12.1 Å². The number of thiazole rings is 1. The fourth-order valence-corrected chi connectivity index (χ4v) is 8.48. The lowest BCUT2D eigenvalue weighted by Crippen LogP contribution is -2.57. The lowest BCUT2D eigenvalue weighted by molar-refractivity contribution is -0.128. The molecule has 3 atom stereocenters. The lowest BCUT2D eigenvalue weighted by Gasteiger charge is -2.34. The van der Waals surface area contributed by atoms with Crippen LogP contribution in [0.15, 0.2) is 58.8 Å². The monoisotopic (exact) mass is 787 g/mol. The van der Waals surface area contributed by atoms with E-state index in [9.17, 15) is 42.9 Å². The maximum atomic E-state index is 14.2. The summed E-state index contributed by atoms with van der Waals surface area (Å²) in [6, 6.07) is 10.2. The molecule has 1 fully saturated rings. The van der Waals surface area contributed by atoms with Gasteiger partial charge in [0.15, 0.2) is 0 Å². The van der Waals surface area contributed by atoms with Gasteiger partial charge in [0.05, 0.1) is 40.0 Å². The predicted molar refractivity (Wildman–Crippen MR) is 202 cm³/mol. The van der Waals surface area contributed by atoms with Gasteiger partial charge in [-0.2, -0.15) is 4.31 Å². The number of hydrazine groups is 1. The normalized spacial score (nSPS) is 15.1. The number of sulfonamides is 1. The zero-order valence-electron chi connectivity index (χ0n) is 31.0. The third-order valence-electron chi connectivity index (χ3n) is 8.78. The number of nitrogens with one attached hydrogen (secondary N) is 2. The molecule has 0 aliphatic carbocycles. The Kier molecular flexibility index (Phi) is 14.4. The van der Waals surface area contributed by atoms with E-state index in [1.807, 2.05) is 56.5 Å². The molecule has 0 spiro atoms. The van der Waals surface area contributed by atoms with Gasteiger partial charge in [0.1, 0.15) is 24.6 Å². The Hall–Kier alpha value is -4.78. The van der Waals surface area contributed by atoms with Crippen LogP contribution in [0.1, 0.15) is 44.0 Å². The number of rotatable bonds is 19. The average molecular weight is 788 g/mol. The second-order valence-corrected chi connectivity index (χ2v) is 16.9. The average Bonchev–Trinajstić information content (AvgIpc) is 3.68. The predicted octanol–water partition coefficient (Wildman–Crippen LogP) is 3.36. The van der Waals surface area contributed by atoms with Gasteiger partial charge in [0.25, 0.3) is 0 Å². The van der Waals surface area contributed by atoms with Crippen LogP contribution in [0.5, 0.6) is 5.75 Å². The zero-order valence-corrected chi connectivity index (χ0v) is 32.6. The van der Waals surface area contributed by atoms with Gasteiger partial charge in [-0.15, -0.1) is 11.3 Å². The van der Waals surface area contributed by atoms with Crippen LogP contribution in [0, 0.1) is 18.8 Å². The Bertz CT molecular complexity index is 1870. The number of carbonyl (C=O) groups excluding carboxylic acids is 3. The second kappa shape index (κ2) is 18.5. The molecule has 5 N–H and O–H groups in total. The third kappa shape index (κ3) is 10.7. The number of amides is 4. The third-order valence-corrected chi connectivity index (χ3v) is 11.4. The molecule has 16 nitrogen and oxygen atoms in total. The van der Waals surface area contributed by atoms with E-state index in [4.69, 9.17) is 0 Å². The number of aldehydes is 1. The number of benzene rings is 2. The minimum atomic E-state index is -4.40. The number of hydrogen-bond acceptors (Lipinski definition) is 11. The molecule has 2 heterocycles. The van der Waals surface area contributed by atoms with Crippen LogP contribution >= 0.6 is 11.3 Å². The van der Waals surface area contributed by atoms with Gasteiger partial charge in [-0.1, -0.05) is 58.0 Å². The van der Waals surface area contributed by atoms with E-state index in [2.05, 4.69) is 15.7 Å². The first kappa shape index (κ1) is 42.0. The number of phenols is 1. The van der Waals surface area contributed by atoms with E-state index >= 15 is 0 Å². The van der Waals surface area contributed by atoms with Gasteiger partial charge in [-0.05, 0) is 48.9 Å². The van der Waals surface area contributed by atoms with Crippen LogP contribution in [0.25, 0.3) is 0 Å². The number of hydrogen-bond donors (Lipinski definition) is 5. The molecule has 3 aromatic rings. The molecular formula is C36H49N7O9S2. The van der Waals surface area contributed by atoms with Crippen LogP contribution in [0.2, 0.25) is 0 Å². The van der Waals surface area contributed by atoms with Crippen LogP contribution in [0.4, 0.5) is 15.3 Å². The molecule has 54 heavy (non-hydrogen) atoms. The number of aliphatic hydroxyl groups is 1. The molecule has 4 amide bonds. The number of phenolic OH excluding ortho intramolecular Hbond substituents is 1. The lowest BCUT2D eigenvalue weighted by atomic mass is 9.97. The number of urea groups is 1. The van der Waals surface area contributed by atoms with Gasteiger partial charge in [-0.3, -0.25) is 10.2 Å². The van der Waals surface area contributed by atoms with E-state index in [1.54, 1.807) is 18.7 Å². The quantitative estimate of drug-likeness (QED) is 0.0675. The summed E-state index contributed by atoms with van der Waals surface area (Å²) in [4.78, 5) is 57.6. The van der Waals surface area contributed by atoms with E-state index in [-0.39, 0.29) is 41.4 Å². The number of aryl methyl sites for hydroxylation is 1. The number of aromatic nitrogens is 1. The van der Waals surface area contributed by atoms with E-state index < -0.39 is 59.1 Å². The second-order valence-electron chi connectivity index (χ2n) is 13.9. The summed E-state index contributed by atoms with van der Waals surface area (Å²) in [5, 5.41) is 37.9. The van der Waals surface area contributed by atoms with Crippen molar-refractivity contribution in [1.82, 2.24) is 29.4 Å². The van der Waals surface area contributed by atoms with Crippen molar-refractivity contribution in [1.29, 1.82) is 0 Å². The van der Waals surface area contributed by atoms with Crippen molar-refractivity contribution >= 4 is 51.4 Å². The number of aliphatic hydroxyl groups excluding tert-OH is 1. The molecule has 294 valence electrons. The summed E-state index contributed by atoms with van der Waals surface area (Å²) in [6.07, 6.45) is -2.51. The number of anilines is 1. The molecule has 1 aromatic heterocycles. The van der Waals surface area contributed by atoms with E-state index in [0.717, 1.165) is 38.8 Å². The number of carboxylic acid groups (broad SMARTS) is 1. The standard InChI is InChI=1S/C36H49N7O9S2/c1-23(2)19-41(54(51,52)28-11-12-31(45)30(18-28)39-43(15-16-44)36(49)50)21-32(46)29(17-26-9-7-6-8-10-26)38-34(47)33(24(3)4)42-14-13-40(35(42)48)20-27-22-53-25(5)37-27/h6-12,16,18,22-24,29,32-33,39,45-46H,13-15,17,19-21H2,1-5H3,(H,38,47)(H,49,50)/t29-,32+,33-/m0/s1. The number of aromatic hydroxyl groups is 1. The molecule has 4 rings (SSSR count). The first-order valence-electron chi connectivity index (χ1n) is 17.5. The maximum Gasteiger partial charge on any atom is 0.426 e. The first-order valence-corrected chi connectivity index (χ1v) is 19.9. The van der Waals surface area contributed by atoms with Gasteiger partial charge < -0.3 is 35.2 Å². The molecule has 0 saturated carbocycles. The highest BCUT2D eigenvalue weighted by molar-refractivity contribution is 7.89. The van der Waals surface area contributed by atoms with Crippen molar-refractivity contribution in [3.63, 3.8) is 0 Å². The molecule has 1 aliphatic rings. The van der Waals surface area contributed by atoms with E-state index in [1.165, 1.54) is 16.2 Å². The van der Waals surface area contributed by atoms with Gasteiger partial charge in [0.2, 0.25) is 15.9 Å². The topological polar surface area (TPSA) is 213 Å². The minimum Gasteiger partial charge on any atom is -0.506 e. The van der Waals surface area contributed by atoms with Gasteiger partial charge in [-0.25, -0.2) is 28.0 Å². The minimum absolute atomic E-state index is 0.0350. The summed E-state index contributed by atoms with van der Waals surface area (Å²) < 4.78 is 29.4. The summed E-state index contributed by atoms with van der Waals surface area (Å²) in [6.45, 7) is 9.11. The van der Waals surface area contributed by atoms with Crippen molar-refractivity contribution in [3.8, 4) is 5.75 Å². The summed E-state index contributed by atoms with van der Waals surface area (Å²) in [5.74, 6) is -1.47. The zero-order chi connectivity index (χ0) is 39.7. The molecular weight excluding hydrogens is 739 g/mol. The van der Waals surface area contributed by atoms with Crippen molar-refractivity contribution in [3.05, 3.63) is 70.2 Å². The molecule has 1 saturated heterocycles. The SMILES string of the molecule is Cc1nc(CN2CCN([C@H](C(=O)N[C@@H](Cc3ccccc3)[C@H](O)CN(CC(C)C)S(=O)(=O)c3ccc(O)c(NN(CC=O)C(=O)O)c3)C(C)C)C2=O)cs1. The Morgan fingerprint density at radius 1 is 1.07 bits per heavy atom. The summed E-state index contributed by atoms with van der Waals surface area (Å²) >= 11 is 1.49. The highest BCUT2D eigenvalue weighted by Gasteiger charge is 2.41. The Balaban J connectivity index is 1.60. The number of nitrogens with zero attached hydrogens (tertiary/aromatic N) is 5. The van der Waals surface area contributed by atoms with Crippen LogP contribution < -0.4 is 10.7 Å². The molecule has 18 heteroatoms. The fourth-order valence-electron chi connectivity index (χ4n) is 6.23. The maximum absolute atomic E-state index is 14.2. The fraction of sp³-hybridized carbons (Fsp3) is 0.472. The number of carbonyl (C=O) groups is 4. The highest BCUT2D eigenvalue weighted by Crippen LogP contribution is 2.29. The molecule has 0 radical (unpaired) electrons. The first-order chi connectivity index (χ1) is 25.5. The molecule has 0 unspecified atom stereocenters. The smallest absolute Gasteiger partial charge is 0.426 e. The van der Waals surface area contributed by atoms with Gasteiger partial charge in [0, 0.05) is 31.6 Å². The Morgan fingerprint density at radius 2 is 1.78 bits per heavy atom. The highest BCUT2D eigenvalue weighted by atomic mass is 32.2. The molecule has 0 bridgehead atoms. The molecule has 2 aromatic carbocycles. The van der Waals surface area contributed by atoms with Crippen molar-refractivity contribution in [2.24, 2.45) is 11.8 Å². The van der Waals surface area contributed by atoms with Crippen LogP contribution in [0.3, 0.4) is 0 Å². The van der Waals surface area contributed by atoms with Crippen molar-refractivity contribution < 1.29 is 42.9 Å². The Labute approximate surface area is 319 Å². The van der Waals surface area contributed by atoms with Crippen LogP contribution in [-0.2, 0) is 32.6 Å². The summed E-state index contributed by atoms with van der Waals surface area (Å²) in [7, 11) is -4.40. The molecule has 1 aliphatic heterocycles.